The molecule has 15 nitrogen and oxygen atoms in total. The van der Waals surface area contributed by atoms with E-state index in [0.29, 0.717) is 0 Å². The van der Waals surface area contributed by atoms with Crippen molar-refractivity contribution < 1.29 is 61.4 Å². The Morgan fingerprint density at radius 2 is 1.09 bits per heavy atom. The van der Waals surface area contributed by atoms with Crippen LogP contribution < -0.4 is 44.1 Å². The van der Waals surface area contributed by atoms with E-state index in [0.717, 1.165) is 6.07 Å². The first-order chi connectivity index (χ1) is 22.0. The van der Waals surface area contributed by atoms with Gasteiger partial charge in [0.1, 0.15) is 17.3 Å². The van der Waals surface area contributed by atoms with Gasteiger partial charge in [-0.2, -0.15) is 15.3 Å². The molecule has 0 bridgehead atoms. The van der Waals surface area contributed by atoms with E-state index in [9.17, 15) is 31.8 Å². The van der Waals surface area contributed by atoms with E-state index in [1.54, 1.807) is 24.3 Å². The molecule has 232 valence electrons. The number of hydrogen-bond acceptors (Lipinski definition) is 13. The van der Waals surface area contributed by atoms with Gasteiger partial charge in [-0.25, -0.2) is 26.8 Å². The zero-order valence-corrected chi connectivity index (χ0v) is 27.9. The molecule has 0 spiro atoms. The Hall–Kier alpha value is -5.07. The number of carboxylic acid groups (broad SMARTS) is 1. The number of azo groups is 2. The molecule has 2 aromatic heterocycles. The number of pyridine rings is 2. The van der Waals surface area contributed by atoms with Gasteiger partial charge >= 0.3 is 29.6 Å². The molecule has 0 aliphatic carbocycles. The molecule has 2 heterocycles. The molecule has 0 aliphatic rings. The summed E-state index contributed by atoms with van der Waals surface area (Å²) in [6.07, 6.45) is 2.88. The second-order valence-electron chi connectivity index (χ2n) is 9.18. The first-order valence-corrected chi connectivity index (χ1v) is 16.0. The zero-order valence-electron chi connectivity index (χ0n) is 24.3. The molecule has 0 atom stereocenters. The van der Waals surface area contributed by atoms with Crippen LogP contribution in [0.4, 0.5) is 34.4 Å². The van der Waals surface area contributed by atoms with Crippen LogP contribution in [0.3, 0.4) is 0 Å². The second-order valence-corrected chi connectivity index (χ2v) is 12.5. The van der Waals surface area contributed by atoms with Crippen molar-refractivity contribution in [3.8, 4) is 5.75 Å². The summed E-state index contributed by atoms with van der Waals surface area (Å²) in [5.74, 6) is -2.16. The smallest absolute Gasteiger partial charge is 0.545 e. The van der Waals surface area contributed by atoms with Crippen LogP contribution in [0.1, 0.15) is 10.4 Å². The van der Waals surface area contributed by atoms with Crippen molar-refractivity contribution in [3.63, 3.8) is 0 Å². The summed E-state index contributed by atoms with van der Waals surface area (Å²) < 4.78 is 55.2. The minimum Gasteiger partial charge on any atom is -0.545 e. The number of aromatic nitrogens is 2. The fourth-order valence-electron chi connectivity index (χ4n) is 3.74. The Morgan fingerprint density at radius 3 is 1.51 bits per heavy atom. The van der Waals surface area contributed by atoms with Crippen LogP contribution in [0.5, 0.6) is 5.75 Å². The normalized spacial score (nSPS) is 11.7. The maximum absolute atomic E-state index is 12.6. The van der Waals surface area contributed by atoms with Crippen molar-refractivity contribution in [2.75, 3.05) is 9.44 Å². The number of carbonyl (C=O) groups excluding carboxylic acids is 1. The minimum absolute atomic E-state index is 0. The number of benzene rings is 3. The molecule has 0 aliphatic heterocycles. The first-order valence-electron chi connectivity index (χ1n) is 13.0. The molecular formula is C29H21N8NaO7S2. The predicted octanol–water partition coefficient (Wildman–Crippen LogP) is 1.98. The maximum Gasteiger partial charge on any atom is 1.00 e. The Morgan fingerprint density at radius 1 is 0.638 bits per heavy atom. The number of sulfonamides is 2. The summed E-state index contributed by atoms with van der Waals surface area (Å²) in [6, 6.07) is 22.4. The van der Waals surface area contributed by atoms with Crippen LogP contribution in [0, 0.1) is 0 Å². The predicted molar refractivity (Wildman–Crippen MR) is 164 cm³/mol. The molecule has 3 N–H and O–H groups in total. The van der Waals surface area contributed by atoms with E-state index in [-0.39, 0.29) is 73.7 Å². The number of aromatic hydroxyl groups is 1. The monoisotopic (exact) mass is 680 g/mol. The summed E-state index contributed by atoms with van der Waals surface area (Å²) in [5.41, 5.74) is -0.538. The summed E-state index contributed by atoms with van der Waals surface area (Å²) in [7, 11) is -7.85. The van der Waals surface area contributed by atoms with Crippen molar-refractivity contribution >= 4 is 60.4 Å². The summed E-state index contributed by atoms with van der Waals surface area (Å²) in [4.78, 5) is 19.4. The van der Waals surface area contributed by atoms with E-state index in [1.165, 1.54) is 79.1 Å². The minimum atomic E-state index is -3.93. The Bertz CT molecular complexity index is 2150. The first kappa shape index (κ1) is 34.8. The second kappa shape index (κ2) is 15.0. The van der Waals surface area contributed by atoms with Gasteiger partial charge in [-0.15, -0.1) is 5.11 Å². The number of anilines is 2. The summed E-state index contributed by atoms with van der Waals surface area (Å²) in [6.45, 7) is 0. The molecule has 47 heavy (non-hydrogen) atoms. The standard InChI is InChI=1S/C29H22N8O7S2.Na/c38-28-24(29(39)40)17-21(34-32-19-7-11-22(12-8-19)45(41,42)36-26-5-1-3-15-30-26)18-25(28)35-33-20-9-13-23(14-10-20)46(43,44)37-27-6-2-4-16-31-27;/h1-18,38H,(H,30,36)(H,31,37)(H,39,40);/q;+1/p-1. The van der Waals surface area contributed by atoms with E-state index >= 15 is 0 Å². The molecule has 18 heteroatoms. The van der Waals surface area contributed by atoms with Crippen molar-refractivity contribution in [2.45, 2.75) is 9.79 Å². The van der Waals surface area contributed by atoms with Crippen LogP contribution in [-0.2, 0) is 20.0 Å². The van der Waals surface area contributed by atoms with Crippen LogP contribution in [-0.4, -0.2) is 37.9 Å². The van der Waals surface area contributed by atoms with Crippen molar-refractivity contribution in [2.24, 2.45) is 20.5 Å². The molecule has 3 aromatic carbocycles. The topological polar surface area (TPSA) is 228 Å². The number of nitrogens with one attached hydrogen (secondary N) is 2. The molecule has 0 saturated carbocycles. The molecule has 5 aromatic rings. The fraction of sp³-hybridized carbons (Fsp3) is 0. The number of aromatic carboxylic acids is 1. The van der Waals surface area contributed by atoms with Gasteiger partial charge in [-0.05, 0) is 84.9 Å². The van der Waals surface area contributed by atoms with Crippen molar-refractivity contribution in [1.29, 1.82) is 0 Å². The Labute approximate surface area is 290 Å². The summed E-state index contributed by atoms with van der Waals surface area (Å²) in [5, 5.41) is 37.9. The number of rotatable bonds is 11. The molecule has 0 saturated heterocycles. The largest absolute Gasteiger partial charge is 1.00 e. The van der Waals surface area contributed by atoms with Gasteiger partial charge in [0.2, 0.25) is 0 Å². The number of hydrogen-bond donors (Lipinski definition) is 3. The third-order valence-electron chi connectivity index (χ3n) is 5.95. The maximum atomic E-state index is 12.6. The van der Waals surface area contributed by atoms with Crippen LogP contribution in [0.15, 0.2) is 140 Å². The molecule has 5 rings (SSSR count). The fourth-order valence-corrected chi connectivity index (χ4v) is 5.76. The van der Waals surface area contributed by atoms with E-state index < -0.39 is 37.3 Å². The van der Waals surface area contributed by atoms with Crippen LogP contribution >= 0.6 is 0 Å². The van der Waals surface area contributed by atoms with Gasteiger partial charge in [-0.1, -0.05) is 12.1 Å². The van der Waals surface area contributed by atoms with E-state index in [1.807, 2.05) is 0 Å². The van der Waals surface area contributed by atoms with Crippen molar-refractivity contribution in [1.82, 2.24) is 9.97 Å². The molecule has 0 radical (unpaired) electrons. The van der Waals surface area contributed by atoms with Crippen molar-refractivity contribution in [3.05, 3.63) is 115 Å². The third kappa shape index (κ3) is 9.02. The van der Waals surface area contributed by atoms with Gasteiger partial charge in [0.15, 0.2) is 5.75 Å². The average molecular weight is 681 g/mol. The van der Waals surface area contributed by atoms with E-state index in [4.69, 9.17) is 0 Å². The van der Waals surface area contributed by atoms with Gasteiger partial charge in [0.05, 0.1) is 32.8 Å². The zero-order chi connectivity index (χ0) is 32.7. The average Bonchev–Trinajstić information content (AvgIpc) is 3.04. The van der Waals surface area contributed by atoms with Gasteiger partial charge in [-0.3, -0.25) is 9.44 Å². The third-order valence-corrected chi connectivity index (χ3v) is 8.69. The quantitative estimate of drug-likeness (QED) is 0.137. The number of phenols is 1. The molecule has 0 unspecified atom stereocenters. The van der Waals surface area contributed by atoms with Gasteiger partial charge in [0, 0.05) is 18.0 Å². The number of carbonyl (C=O) groups is 1. The molecular weight excluding hydrogens is 659 g/mol. The number of nitrogens with zero attached hydrogens (tertiary/aromatic N) is 6. The summed E-state index contributed by atoms with van der Waals surface area (Å²) >= 11 is 0. The van der Waals surface area contributed by atoms with E-state index in [2.05, 4.69) is 39.9 Å². The van der Waals surface area contributed by atoms with Gasteiger partial charge in [0.25, 0.3) is 20.0 Å². The van der Waals surface area contributed by atoms with Gasteiger partial charge < -0.3 is 15.0 Å². The Balaban J connectivity index is 0.00000500. The van der Waals surface area contributed by atoms with Crippen LogP contribution in [0.25, 0.3) is 0 Å². The molecule has 0 amide bonds. The van der Waals surface area contributed by atoms with Crippen LogP contribution in [0.2, 0.25) is 0 Å². The number of carboxylic acids is 1. The Kier molecular flexibility index (Phi) is 11.1. The molecule has 0 fully saturated rings. The SMILES string of the molecule is O=C([O-])c1cc(N=Nc2ccc(S(=O)(=O)Nc3ccccn3)cc2)cc(N=Nc2ccc(S(=O)(=O)Nc3ccccn3)cc2)c1O.[Na+].